The SMILES string of the molecule is CNCCC(O)C(O)c1cc(C=O)sc1[N+](=O)[O-]. The Kier molecular flexibility index (Phi) is 5.35. The quantitative estimate of drug-likeness (QED) is 0.378. The predicted molar refractivity (Wildman–Crippen MR) is 65.9 cm³/mol. The molecule has 100 valence electrons. The summed E-state index contributed by atoms with van der Waals surface area (Å²) in [6.45, 7) is 0.469. The summed E-state index contributed by atoms with van der Waals surface area (Å²) in [7, 11) is 1.69. The van der Waals surface area contributed by atoms with Gasteiger partial charge >= 0.3 is 5.00 Å². The summed E-state index contributed by atoms with van der Waals surface area (Å²) in [5, 5.41) is 32.8. The van der Waals surface area contributed by atoms with Crippen molar-refractivity contribution in [2.75, 3.05) is 13.6 Å². The lowest BCUT2D eigenvalue weighted by Gasteiger charge is -2.16. The fourth-order valence-electron chi connectivity index (χ4n) is 1.49. The molecule has 2 atom stereocenters. The Bertz CT molecular complexity index is 434. The number of nitrogens with zero attached hydrogens (tertiary/aromatic N) is 1. The number of nitro groups is 1. The minimum absolute atomic E-state index is 0.0179. The van der Waals surface area contributed by atoms with Gasteiger partial charge in [0.1, 0.15) is 6.10 Å². The number of thiophene rings is 1. The normalized spacial score (nSPS) is 14.2. The van der Waals surface area contributed by atoms with Crippen molar-refractivity contribution < 1.29 is 19.9 Å². The van der Waals surface area contributed by atoms with E-state index < -0.39 is 17.1 Å². The van der Waals surface area contributed by atoms with Crippen LogP contribution in [-0.2, 0) is 0 Å². The predicted octanol–water partition coefficient (Wildman–Crippen LogP) is 0.473. The van der Waals surface area contributed by atoms with Gasteiger partial charge in [0.15, 0.2) is 6.29 Å². The van der Waals surface area contributed by atoms with Crippen LogP contribution in [-0.4, -0.2) is 41.1 Å². The fraction of sp³-hybridized carbons (Fsp3) is 0.500. The van der Waals surface area contributed by atoms with Crippen LogP contribution in [0, 0.1) is 10.1 Å². The molecule has 7 nitrogen and oxygen atoms in total. The Hall–Kier alpha value is -1.35. The first-order valence-electron chi connectivity index (χ1n) is 5.25. The number of rotatable bonds is 7. The second-order valence-electron chi connectivity index (χ2n) is 3.69. The molecule has 1 aromatic rings. The van der Waals surface area contributed by atoms with E-state index in [9.17, 15) is 25.1 Å². The molecule has 18 heavy (non-hydrogen) atoms. The largest absolute Gasteiger partial charge is 0.390 e. The summed E-state index contributed by atoms with van der Waals surface area (Å²) in [6, 6.07) is 1.24. The highest BCUT2D eigenvalue weighted by atomic mass is 32.1. The zero-order chi connectivity index (χ0) is 13.7. The molecular formula is C10H14N2O5S. The molecule has 0 saturated carbocycles. The van der Waals surface area contributed by atoms with Gasteiger partial charge in [0.05, 0.1) is 21.5 Å². The van der Waals surface area contributed by atoms with Crippen molar-refractivity contribution in [3.05, 3.63) is 26.6 Å². The smallest absolute Gasteiger partial charge is 0.330 e. The highest BCUT2D eigenvalue weighted by Crippen LogP contribution is 2.35. The van der Waals surface area contributed by atoms with Crippen molar-refractivity contribution in [2.45, 2.75) is 18.6 Å². The van der Waals surface area contributed by atoms with E-state index in [2.05, 4.69) is 5.32 Å². The summed E-state index contributed by atoms with van der Waals surface area (Å²) < 4.78 is 0. The van der Waals surface area contributed by atoms with Crippen molar-refractivity contribution in [3.8, 4) is 0 Å². The number of hydrogen-bond donors (Lipinski definition) is 3. The van der Waals surface area contributed by atoms with Crippen molar-refractivity contribution in [1.29, 1.82) is 0 Å². The molecule has 8 heteroatoms. The molecule has 3 N–H and O–H groups in total. The fourth-order valence-corrected chi connectivity index (χ4v) is 2.31. The van der Waals surface area contributed by atoms with Crippen LogP contribution in [0.15, 0.2) is 6.07 Å². The molecule has 0 bridgehead atoms. The van der Waals surface area contributed by atoms with Crippen LogP contribution >= 0.6 is 11.3 Å². The van der Waals surface area contributed by atoms with Crippen molar-refractivity contribution in [3.63, 3.8) is 0 Å². The third kappa shape index (κ3) is 3.33. The summed E-state index contributed by atoms with van der Waals surface area (Å²) in [6.07, 6.45) is -1.76. The highest BCUT2D eigenvalue weighted by Gasteiger charge is 2.29. The third-order valence-electron chi connectivity index (χ3n) is 2.41. The number of nitrogens with one attached hydrogen (secondary N) is 1. The number of aliphatic hydroxyl groups excluding tert-OH is 2. The highest BCUT2D eigenvalue weighted by molar-refractivity contribution is 7.17. The minimum Gasteiger partial charge on any atom is -0.390 e. The van der Waals surface area contributed by atoms with Crippen LogP contribution in [0.2, 0.25) is 0 Å². The number of carbonyl (C=O) groups is 1. The lowest BCUT2D eigenvalue weighted by molar-refractivity contribution is -0.381. The molecule has 0 aromatic carbocycles. The van der Waals surface area contributed by atoms with Crippen LogP contribution < -0.4 is 5.32 Å². The maximum atomic E-state index is 10.8. The topological polar surface area (TPSA) is 113 Å². The number of aldehydes is 1. The van der Waals surface area contributed by atoms with Crippen molar-refractivity contribution in [1.82, 2.24) is 5.32 Å². The second kappa shape index (κ2) is 6.55. The summed E-state index contributed by atoms with van der Waals surface area (Å²) >= 11 is 0.683. The van der Waals surface area contributed by atoms with Gasteiger partial charge in [-0.3, -0.25) is 14.9 Å². The Balaban J connectivity index is 2.96. The Morgan fingerprint density at radius 1 is 1.61 bits per heavy atom. The van der Waals surface area contributed by atoms with Crippen LogP contribution in [0.25, 0.3) is 0 Å². The molecule has 1 aromatic heterocycles. The van der Waals surface area contributed by atoms with Gasteiger partial charge in [0.2, 0.25) is 0 Å². The van der Waals surface area contributed by atoms with E-state index >= 15 is 0 Å². The zero-order valence-corrected chi connectivity index (χ0v) is 10.5. The van der Waals surface area contributed by atoms with Gasteiger partial charge in [-0.15, -0.1) is 0 Å². The molecule has 0 radical (unpaired) electrons. The van der Waals surface area contributed by atoms with Crippen LogP contribution in [0.1, 0.15) is 27.8 Å². The van der Waals surface area contributed by atoms with Gasteiger partial charge in [-0.2, -0.15) is 0 Å². The maximum Gasteiger partial charge on any atom is 0.330 e. The van der Waals surface area contributed by atoms with Gasteiger partial charge in [-0.25, -0.2) is 0 Å². The molecule has 0 aliphatic heterocycles. The molecule has 2 unspecified atom stereocenters. The monoisotopic (exact) mass is 274 g/mol. The minimum atomic E-state index is -1.37. The Morgan fingerprint density at radius 3 is 2.78 bits per heavy atom. The van der Waals surface area contributed by atoms with Gasteiger partial charge < -0.3 is 15.5 Å². The number of hydrogen-bond acceptors (Lipinski definition) is 7. The molecule has 1 rings (SSSR count). The summed E-state index contributed by atoms with van der Waals surface area (Å²) in [5.41, 5.74) is -0.0179. The Labute approximate surface area is 107 Å². The van der Waals surface area contributed by atoms with Crippen LogP contribution in [0.5, 0.6) is 0 Å². The molecule has 0 saturated heterocycles. The molecule has 0 aliphatic rings. The van der Waals surface area contributed by atoms with Gasteiger partial charge in [0.25, 0.3) is 0 Å². The number of aliphatic hydroxyl groups is 2. The third-order valence-corrected chi connectivity index (χ3v) is 3.44. The van der Waals surface area contributed by atoms with E-state index in [0.29, 0.717) is 24.2 Å². The molecular weight excluding hydrogens is 260 g/mol. The standard InChI is InChI=1S/C10H14N2O5S/c1-11-3-2-8(14)9(15)7-4-6(5-13)18-10(7)12(16)17/h4-5,8-9,11,14-15H,2-3H2,1H3. The van der Waals surface area contributed by atoms with E-state index in [-0.39, 0.29) is 21.9 Å². The van der Waals surface area contributed by atoms with Crippen molar-refractivity contribution in [2.24, 2.45) is 0 Å². The van der Waals surface area contributed by atoms with Gasteiger partial charge in [0, 0.05) is 0 Å². The van der Waals surface area contributed by atoms with Gasteiger partial charge in [-0.1, -0.05) is 11.3 Å². The lowest BCUT2D eigenvalue weighted by Crippen LogP contribution is -2.23. The summed E-state index contributed by atoms with van der Waals surface area (Å²) in [4.78, 5) is 20.9. The first-order valence-corrected chi connectivity index (χ1v) is 6.07. The van der Waals surface area contributed by atoms with Crippen molar-refractivity contribution >= 4 is 22.6 Å². The Morgan fingerprint density at radius 2 is 2.28 bits per heavy atom. The first-order chi connectivity index (χ1) is 8.51. The second-order valence-corrected chi connectivity index (χ2v) is 4.75. The molecule has 0 spiro atoms. The van der Waals surface area contributed by atoms with Gasteiger partial charge in [-0.05, 0) is 26.1 Å². The molecule has 0 fully saturated rings. The van der Waals surface area contributed by atoms with E-state index in [1.807, 2.05) is 0 Å². The molecule has 0 aliphatic carbocycles. The maximum absolute atomic E-state index is 10.8. The van der Waals surface area contributed by atoms with Crippen LogP contribution in [0.4, 0.5) is 5.00 Å². The summed E-state index contributed by atoms with van der Waals surface area (Å²) in [5.74, 6) is 0. The van der Waals surface area contributed by atoms with E-state index in [1.54, 1.807) is 7.05 Å². The van der Waals surface area contributed by atoms with E-state index in [0.717, 1.165) is 0 Å². The average molecular weight is 274 g/mol. The first kappa shape index (κ1) is 14.7. The van der Waals surface area contributed by atoms with E-state index in [1.165, 1.54) is 6.07 Å². The lowest BCUT2D eigenvalue weighted by atomic mass is 10.0. The number of carbonyl (C=O) groups excluding carboxylic acids is 1. The average Bonchev–Trinajstić information content (AvgIpc) is 2.79. The zero-order valence-electron chi connectivity index (χ0n) is 9.70. The van der Waals surface area contributed by atoms with E-state index in [4.69, 9.17) is 0 Å². The van der Waals surface area contributed by atoms with Crippen LogP contribution in [0.3, 0.4) is 0 Å². The molecule has 0 amide bonds. The molecule has 1 heterocycles.